The zero-order chi connectivity index (χ0) is 11.8. The van der Waals surface area contributed by atoms with Crippen LogP contribution in [-0.2, 0) is 16.3 Å². The van der Waals surface area contributed by atoms with E-state index in [1.54, 1.807) is 12.1 Å². The number of benzene rings is 1. The molecule has 0 spiro atoms. The van der Waals surface area contributed by atoms with Crippen LogP contribution in [0, 0.1) is 0 Å². The van der Waals surface area contributed by atoms with Gasteiger partial charge in [0, 0.05) is 23.4 Å². The van der Waals surface area contributed by atoms with Crippen LogP contribution in [0.2, 0.25) is 0 Å². The van der Waals surface area contributed by atoms with Gasteiger partial charge in [0.25, 0.3) is 0 Å². The lowest BCUT2D eigenvalue weighted by Gasteiger charge is -1.99. The Hall–Kier alpha value is -1.33. The van der Waals surface area contributed by atoms with Crippen LogP contribution in [0.15, 0.2) is 29.3 Å². The molecule has 0 radical (unpaired) electrons. The molecular weight excluding hydrogens is 224 g/mol. The Kier molecular flexibility index (Phi) is 2.73. The third kappa shape index (κ3) is 1.96. The van der Waals surface area contributed by atoms with Gasteiger partial charge < -0.3 is 10.7 Å². The molecule has 0 aliphatic carbocycles. The summed E-state index contributed by atoms with van der Waals surface area (Å²) in [5, 5.41) is 1.04. The zero-order valence-corrected chi connectivity index (χ0v) is 9.84. The Morgan fingerprint density at radius 3 is 2.75 bits per heavy atom. The maximum atomic E-state index is 11.4. The standard InChI is InChI=1S/C11H14N2O2S/c1-16(14,15)9-2-3-10-8(4-5-12)7-13-11(10)6-9/h2-3,6-7,13H,4-5,12H2,1H3. The number of hydrogen-bond acceptors (Lipinski definition) is 3. The molecular formula is C11H14N2O2S. The Morgan fingerprint density at radius 2 is 2.12 bits per heavy atom. The second-order valence-electron chi connectivity index (χ2n) is 3.83. The summed E-state index contributed by atoms with van der Waals surface area (Å²) in [6, 6.07) is 5.11. The molecule has 2 rings (SSSR count). The highest BCUT2D eigenvalue weighted by molar-refractivity contribution is 7.90. The van der Waals surface area contributed by atoms with Gasteiger partial charge >= 0.3 is 0 Å². The van der Waals surface area contributed by atoms with E-state index in [9.17, 15) is 8.42 Å². The van der Waals surface area contributed by atoms with E-state index in [0.29, 0.717) is 11.4 Å². The first-order chi connectivity index (χ1) is 7.52. The number of nitrogens with two attached hydrogens (primary N) is 1. The van der Waals surface area contributed by atoms with Crippen molar-refractivity contribution in [2.75, 3.05) is 12.8 Å². The normalized spacial score (nSPS) is 12.1. The molecule has 0 atom stereocenters. The zero-order valence-electron chi connectivity index (χ0n) is 9.03. The summed E-state index contributed by atoms with van der Waals surface area (Å²) < 4.78 is 22.8. The minimum Gasteiger partial charge on any atom is -0.361 e. The average molecular weight is 238 g/mol. The first-order valence-corrected chi connectivity index (χ1v) is 6.91. The van der Waals surface area contributed by atoms with E-state index >= 15 is 0 Å². The smallest absolute Gasteiger partial charge is 0.175 e. The van der Waals surface area contributed by atoms with Gasteiger partial charge in [-0.25, -0.2) is 8.42 Å². The number of nitrogens with one attached hydrogen (secondary N) is 1. The number of aromatic nitrogens is 1. The van der Waals surface area contributed by atoms with Crippen molar-refractivity contribution in [3.8, 4) is 0 Å². The predicted molar refractivity (Wildman–Crippen MR) is 64.2 cm³/mol. The number of hydrogen-bond donors (Lipinski definition) is 2. The van der Waals surface area contributed by atoms with Crippen LogP contribution in [0.5, 0.6) is 0 Å². The van der Waals surface area contributed by atoms with Gasteiger partial charge in [0.15, 0.2) is 9.84 Å². The summed E-state index contributed by atoms with van der Waals surface area (Å²) in [4.78, 5) is 3.40. The SMILES string of the molecule is CS(=O)(=O)c1ccc2c(CCN)c[nH]c2c1. The van der Waals surface area contributed by atoms with Crippen molar-refractivity contribution >= 4 is 20.7 Å². The third-order valence-electron chi connectivity index (χ3n) is 2.58. The van der Waals surface area contributed by atoms with Gasteiger partial charge in [-0.1, -0.05) is 6.07 Å². The highest BCUT2D eigenvalue weighted by atomic mass is 32.2. The fourth-order valence-electron chi connectivity index (χ4n) is 1.76. The fraction of sp³-hybridized carbons (Fsp3) is 0.273. The maximum absolute atomic E-state index is 11.4. The number of sulfone groups is 1. The first-order valence-electron chi connectivity index (χ1n) is 5.02. The number of rotatable bonds is 3. The Bertz CT molecular complexity index is 614. The maximum Gasteiger partial charge on any atom is 0.175 e. The molecule has 1 aromatic heterocycles. The van der Waals surface area contributed by atoms with Crippen molar-refractivity contribution in [2.24, 2.45) is 5.73 Å². The quantitative estimate of drug-likeness (QED) is 0.840. The summed E-state index contributed by atoms with van der Waals surface area (Å²) in [5.74, 6) is 0. The lowest BCUT2D eigenvalue weighted by Crippen LogP contribution is -2.02. The van der Waals surface area contributed by atoms with Crippen LogP contribution in [0.3, 0.4) is 0 Å². The largest absolute Gasteiger partial charge is 0.361 e. The molecule has 3 N–H and O–H groups in total. The molecule has 5 heteroatoms. The number of aromatic amines is 1. The van der Waals surface area contributed by atoms with Crippen LogP contribution < -0.4 is 5.73 Å². The van der Waals surface area contributed by atoms with E-state index < -0.39 is 9.84 Å². The van der Waals surface area contributed by atoms with Crippen LogP contribution in [0.4, 0.5) is 0 Å². The summed E-state index contributed by atoms with van der Waals surface area (Å²) in [6.45, 7) is 0.584. The molecule has 1 aromatic carbocycles. The van der Waals surface area contributed by atoms with Crippen molar-refractivity contribution in [2.45, 2.75) is 11.3 Å². The van der Waals surface area contributed by atoms with Gasteiger partial charge in [-0.2, -0.15) is 0 Å². The van der Waals surface area contributed by atoms with Crippen LogP contribution in [0.1, 0.15) is 5.56 Å². The van der Waals surface area contributed by atoms with Gasteiger partial charge in [0.1, 0.15) is 0 Å². The molecule has 0 saturated heterocycles. The minimum absolute atomic E-state index is 0.334. The van der Waals surface area contributed by atoms with Crippen LogP contribution in [-0.4, -0.2) is 26.2 Å². The van der Waals surface area contributed by atoms with Gasteiger partial charge in [0.2, 0.25) is 0 Å². The molecule has 0 aliphatic heterocycles. The van der Waals surface area contributed by atoms with Gasteiger partial charge in [-0.15, -0.1) is 0 Å². The molecule has 0 fully saturated rings. The molecule has 86 valence electrons. The monoisotopic (exact) mass is 238 g/mol. The lowest BCUT2D eigenvalue weighted by atomic mass is 10.1. The molecule has 0 bridgehead atoms. The fourth-order valence-corrected chi connectivity index (χ4v) is 2.41. The van der Waals surface area contributed by atoms with Gasteiger partial charge in [0.05, 0.1) is 4.90 Å². The molecule has 1 heterocycles. The van der Waals surface area contributed by atoms with Crippen molar-refractivity contribution in [3.63, 3.8) is 0 Å². The molecule has 0 unspecified atom stereocenters. The topological polar surface area (TPSA) is 75.9 Å². The van der Waals surface area contributed by atoms with Crippen molar-refractivity contribution < 1.29 is 8.42 Å². The van der Waals surface area contributed by atoms with E-state index in [1.807, 2.05) is 12.3 Å². The summed E-state index contributed by atoms with van der Waals surface area (Å²) in [5.41, 5.74) is 7.46. The van der Waals surface area contributed by atoms with Crippen LogP contribution >= 0.6 is 0 Å². The van der Waals surface area contributed by atoms with E-state index in [-0.39, 0.29) is 0 Å². The van der Waals surface area contributed by atoms with Crippen molar-refractivity contribution in [1.29, 1.82) is 0 Å². The van der Waals surface area contributed by atoms with Crippen molar-refractivity contribution in [3.05, 3.63) is 30.0 Å². The van der Waals surface area contributed by atoms with Gasteiger partial charge in [-0.05, 0) is 30.7 Å². The minimum atomic E-state index is -3.14. The molecule has 0 amide bonds. The lowest BCUT2D eigenvalue weighted by molar-refractivity contribution is 0.602. The van der Waals surface area contributed by atoms with E-state index in [1.165, 1.54) is 6.26 Å². The highest BCUT2D eigenvalue weighted by Gasteiger charge is 2.09. The Balaban J connectivity index is 2.58. The summed E-state index contributed by atoms with van der Waals surface area (Å²) >= 11 is 0. The third-order valence-corrected chi connectivity index (χ3v) is 3.69. The second kappa shape index (κ2) is 3.92. The number of H-pyrrole nitrogens is 1. The molecule has 0 saturated carbocycles. The second-order valence-corrected chi connectivity index (χ2v) is 5.85. The Labute approximate surface area is 94.4 Å². The summed E-state index contributed by atoms with van der Waals surface area (Å²) in [6.07, 6.45) is 3.87. The Morgan fingerprint density at radius 1 is 1.38 bits per heavy atom. The molecule has 0 aliphatic rings. The average Bonchev–Trinajstić information content (AvgIpc) is 2.60. The van der Waals surface area contributed by atoms with Gasteiger partial charge in [-0.3, -0.25) is 0 Å². The van der Waals surface area contributed by atoms with Crippen LogP contribution in [0.25, 0.3) is 10.9 Å². The molecule has 4 nitrogen and oxygen atoms in total. The van der Waals surface area contributed by atoms with E-state index in [0.717, 1.165) is 22.9 Å². The predicted octanol–water partition coefficient (Wildman–Crippen LogP) is 1.07. The van der Waals surface area contributed by atoms with Crippen molar-refractivity contribution in [1.82, 2.24) is 4.98 Å². The summed E-state index contributed by atoms with van der Waals surface area (Å²) in [7, 11) is -3.14. The van der Waals surface area contributed by atoms with E-state index in [2.05, 4.69) is 4.98 Å². The molecule has 16 heavy (non-hydrogen) atoms. The van der Waals surface area contributed by atoms with E-state index in [4.69, 9.17) is 5.73 Å². The first kappa shape index (κ1) is 11.2. The highest BCUT2D eigenvalue weighted by Crippen LogP contribution is 2.22. The number of fused-ring (bicyclic) bond motifs is 1. The molecule has 2 aromatic rings.